The first-order valence-electron chi connectivity index (χ1n) is 9.96. The predicted molar refractivity (Wildman–Crippen MR) is 119 cm³/mol. The Balaban J connectivity index is 1.45. The minimum Gasteiger partial charge on any atom is -0.378 e. The van der Waals surface area contributed by atoms with Crippen LogP contribution in [-0.4, -0.2) is 57.5 Å². The lowest BCUT2D eigenvalue weighted by Gasteiger charge is -2.29. The molecule has 0 aliphatic carbocycles. The van der Waals surface area contributed by atoms with E-state index in [-0.39, 0.29) is 10.8 Å². The van der Waals surface area contributed by atoms with Crippen molar-refractivity contribution in [3.8, 4) is 0 Å². The van der Waals surface area contributed by atoms with Gasteiger partial charge in [-0.3, -0.25) is 4.79 Å². The Morgan fingerprint density at radius 3 is 2.33 bits per heavy atom. The fraction of sp³-hybridized carbons (Fsp3) is 0.381. The Kier molecular flexibility index (Phi) is 6.43. The lowest BCUT2D eigenvalue weighted by atomic mass is 10.2. The van der Waals surface area contributed by atoms with Gasteiger partial charge in [0, 0.05) is 35.5 Å². The fourth-order valence-corrected chi connectivity index (χ4v) is 5.76. The zero-order chi connectivity index (χ0) is 21.1. The molecular weight excluding hydrogens is 470 g/mol. The Morgan fingerprint density at radius 1 is 1.00 bits per heavy atom. The van der Waals surface area contributed by atoms with Crippen molar-refractivity contribution in [1.29, 1.82) is 0 Å². The summed E-state index contributed by atoms with van der Waals surface area (Å²) < 4.78 is 33.6. The van der Waals surface area contributed by atoms with Crippen molar-refractivity contribution >= 4 is 43.2 Å². The van der Waals surface area contributed by atoms with Crippen LogP contribution in [0.1, 0.15) is 12.8 Å². The van der Waals surface area contributed by atoms with Crippen molar-refractivity contribution < 1.29 is 17.9 Å². The number of ether oxygens (including phenoxy) is 1. The van der Waals surface area contributed by atoms with Crippen LogP contribution in [0.4, 0.5) is 11.4 Å². The van der Waals surface area contributed by atoms with E-state index in [4.69, 9.17) is 4.74 Å². The highest BCUT2D eigenvalue weighted by Crippen LogP contribution is 2.28. The summed E-state index contributed by atoms with van der Waals surface area (Å²) in [5, 5.41) is 2.88. The first kappa shape index (κ1) is 21.3. The number of sulfonamides is 1. The molecule has 2 fully saturated rings. The maximum atomic E-state index is 13.0. The van der Waals surface area contributed by atoms with Crippen LogP contribution in [-0.2, 0) is 19.6 Å². The van der Waals surface area contributed by atoms with Crippen LogP contribution in [0.3, 0.4) is 0 Å². The average molecular weight is 494 g/mol. The number of morpholine rings is 1. The topological polar surface area (TPSA) is 79.0 Å². The zero-order valence-electron chi connectivity index (χ0n) is 16.5. The van der Waals surface area contributed by atoms with Gasteiger partial charge in [0.2, 0.25) is 15.9 Å². The number of carbonyl (C=O) groups is 1. The van der Waals surface area contributed by atoms with Crippen molar-refractivity contribution in [3.05, 3.63) is 53.0 Å². The van der Waals surface area contributed by atoms with Crippen molar-refractivity contribution in [2.75, 3.05) is 43.1 Å². The Hall–Kier alpha value is -1.94. The Labute approximate surface area is 185 Å². The summed E-state index contributed by atoms with van der Waals surface area (Å²) in [4.78, 5) is 15.3. The number of amides is 1. The number of hydrogen-bond donors (Lipinski definition) is 1. The number of halogens is 1. The van der Waals surface area contributed by atoms with E-state index in [0.29, 0.717) is 38.3 Å². The van der Waals surface area contributed by atoms with Gasteiger partial charge >= 0.3 is 0 Å². The summed E-state index contributed by atoms with van der Waals surface area (Å²) in [6, 6.07) is 13.4. The number of nitrogens with zero attached hydrogens (tertiary/aromatic N) is 2. The first-order chi connectivity index (χ1) is 14.4. The van der Waals surface area contributed by atoms with Crippen molar-refractivity contribution in [3.63, 3.8) is 0 Å². The van der Waals surface area contributed by atoms with Crippen LogP contribution in [0.25, 0.3) is 0 Å². The van der Waals surface area contributed by atoms with E-state index in [1.54, 1.807) is 24.3 Å². The molecule has 0 saturated carbocycles. The van der Waals surface area contributed by atoms with Gasteiger partial charge < -0.3 is 15.0 Å². The molecule has 0 spiro atoms. The van der Waals surface area contributed by atoms with Gasteiger partial charge in [-0.1, -0.05) is 15.9 Å². The largest absolute Gasteiger partial charge is 0.378 e. The highest BCUT2D eigenvalue weighted by molar-refractivity contribution is 9.10. The van der Waals surface area contributed by atoms with Gasteiger partial charge in [0.1, 0.15) is 6.04 Å². The first-order valence-corrected chi connectivity index (χ1v) is 12.2. The molecule has 1 amide bonds. The van der Waals surface area contributed by atoms with Gasteiger partial charge in [-0.2, -0.15) is 4.31 Å². The van der Waals surface area contributed by atoms with Gasteiger partial charge in [0.05, 0.1) is 18.1 Å². The van der Waals surface area contributed by atoms with Crippen LogP contribution in [0, 0.1) is 0 Å². The second-order valence-electron chi connectivity index (χ2n) is 7.36. The lowest BCUT2D eigenvalue weighted by molar-refractivity contribution is -0.119. The third-order valence-corrected chi connectivity index (χ3v) is 7.89. The SMILES string of the molecule is O=C(Nc1ccc(N2CCOCC2)cc1)C1CCCN1S(=O)(=O)c1ccc(Br)cc1. The molecular formula is C21H24BrN3O4S. The van der Waals surface area contributed by atoms with Gasteiger partial charge in [-0.15, -0.1) is 0 Å². The van der Waals surface area contributed by atoms with Crippen LogP contribution < -0.4 is 10.2 Å². The molecule has 0 radical (unpaired) electrons. The molecule has 9 heteroatoms. The molecule has 4 rings (SSSR count). The number of benzene rings is 2. The van der Waals surface area contributed by atoms with E-state index in [9.17, 15) is 13.2 Å². The molecule has 2 aromatic rings. The van der Waals surface area contributed by atoms with Crippen molar-refractivity contribution in [2.24, 2.45) is 0 Å². The van der Waals surface area contributed by atoms with Gasteiger partial charge in [0.25, 0.3) is 0 Å². The van der Waals surface area contributed by atoms with Crippen molar-refractivity contribution in [2.45, 2.75) is 23.8 Å². The quantitative estimate of drug-likeness (QED) is 0.692. The average Bonchev–Trinajstić information content (AvgIpc) is 3.26. The molecule has 160 valence electrons. The number of anilines is 2. The van der Waals surface area contributed by atoms with Gasteiger partial charge in [0.15, 0.2) is 0 Å². The second-order valence-corrected chi connectivity index (χ2v) is 10.2. The van der Waals surface area contributed by atoms with Crippen molar-refractivity contribution in [1.82, 2.24) is 4.31 Å². The molecule has 0 aromatic heterocycles. The molecule has 30 heavy (non-hydrogen) atoms. The molecule has 2 saturated heterocycles. The Morgan fingerprint density at radius 2 is 1.67 bits per heavy atom. The molecule has 1 N–H and O–H groups in total. The van der Waals surface area contributed by atoms with Crippen LogP contribution in [0.15, 0.2) is 57.9 Å². The minimum absolute atomic E-state index is 0.195. The molecule has 2 aromatic carbocycles. The monoisotopic (exact) mass is 493 g/mol. The number of hydrogen-bond acceptors (Lipinski definition) is 5. The minimum atomic E-state index is -3.73. The standard InChI is InChI=1S/C21H24BrN3O4S/c22-16-3-9-19(10-4-16)30(27,28)25-11-1-2-20(25)21(26)23-17-5-7-18(8-6-17)24-12-14-29-15-13-24/h3-10,20H,1-2,11-15H2,(H,23,26). The van der Waals surface area contributed by atoms with Crippen LogP contribution in [0.5, 0.6) is 0 Å². The number of nitrogens with one attached hydrogen (secondary N) is 1. The van der Waals surface area contributed by atoms with Crippen LogP contribution in [0.2, 0.25) is 0 Å². The molecule has 2 heterocycles. The van der Waals surface area contributed by atoms with E-state index >= 15 is 0 Å². The molecule has 7 nitrogen and oxygen atoms in total. The normalized spacial score (nSPS) is 20.3. The number of rotatable bonds is 5. The summed E-state index contributed by atoms with van der Waals surface area (Å²) in [5.74, 6) is -0.299. The molecule has 1 unspecified atom stereocenters. The van der Waals surface area contributed by atoms with Gasteiger partial charge in [-0.05, 0) is 61.4 Å². The molecule has 2 aliphatic rings. The van der Waals surface area contributed by atoms with E-state index in [0.717, 1.165) is 23.2 Å². The van der Waals surface area contributed by atoms with Crippen LogP contribution >= 0.6 is 15.9 Å². The third kappa shape index (κ3) is 4.54. The highest BCUT2D eigenvalue weighted by Gasteiger charge is 2.39. The number of carbonyl (C=O) groups excluding carboxylic acids is 1. The third-order valence-electron chi connectivity index (χ3n) is 5.44. The lowest BCUT2D eigenvalue weighted by Crippen LogP contribution is -2.43. The molecule has 2 aliphatic heterocycles. The highest BCUT2D eigenvalue weighted by atomic mass is 79.9. The maximum Gasteiger partial charge on any atom is 0.243 e. The summed E-state index contributed by atoms with van der Waals surface area (Å²) in [7, 11) is -3.73. The predicted octanol–water partition coefficient (Wildman–Crippen LogP) is 3.08. The summed E-state index contributed by atoms with van der Waals surface area (Å²) in [6.07, 6.45) is 1.16. The smallest absolute Gasteiger partial charge is 0.243 e. The summed E-state index contributed by atoms with van der Waals surface area (Å²) in [5.41, 5.74) is 1.74. The Bertz CT molecular complexity index is 990. The fourth-order valence-electron chi connectivity index (χ4n) is 3.83. The summed E-state index contributed by atoms with van der Waals surface area (Å²) >= 11 is 3.32. The zero-order valence-corrected chi connectivity index (χ0v) is 18.9. The second kappa shape index (κ2) is 9.05. The van der Waals surface area contributed by atoms with Gasteiger partial charge in [-0.25, -0.2) is 8.42 Å². The van der Waals surface area contributed by atoms with E-state index in [1.807, 2.05) is 24.3 Å². The maximum absolute atomic E-state index is 13.0. The van der Waals surface area contributed by atoms with E-state index in [2.05, 4.69) is 26.1 Å². The summed E-state index contributed by atoms with van der Waals surface area (Å²) in [6.45, 7) is 3.45. The van der Waals surface area contributed by atoms with E-state index < -0.39 is 16.1 Å². The van der Waals surface area contributed by atoms with E-state index in [1.165, 1.54) is 4.31 Å². The molecule has 0 bridgehead atoms. The molecule has 1 atom stereocenters.